The fourth-order valence-electron chi connectivity index (χ4n) is 2.47. The molecule has 0 spiro atoms. The summed E-state index contributed by atoms with van der Waals surface area (Å²) in [7, 11) is 0. The first-order valence-electron chi connectivity index (χ1n) is 6.63. The molecule has 2 heterocycles. The molecule has 2 N–H and O–H groups in total. The molecule has 1 aromatic heterocycles. The highest BCUT2D eigenvalue weighted by Crippen LogP contribution is 2.28. The summed E-state index contributed by atoms with van der Waals surface area (Å²) >= 11 is 9.50. The summed E-state index contributed by atoms with van der Waals surface area (Å²) in [5, 5.41) is 7.34. The lowest BCUT2D eigenvalue weighted by atomic mass is 9.99. The van der Waals surface area contributed by atoms with Crippen LogP contribution in [0.5, 0.6) is 0 Å². The van der Waals surface area contributed by atoms with E-state index in [0.29, 0.717) is 5.15 Å². The molecule has 3 rings (SSSR count). The Kier molecular flexibility index (Phi) is 4.13. The summed E-state index contributed by atoms with van der Waals surface area (Å²) in [5.74, 6) is 0. The van der Waals surface area contributed by atoms with Gasteiger partial charge in [-0.15, -0.1) is 0 Å². The molecule has 0 bridgehead atoms. The van der Waals surface area contributed by atoms with Gasteiger partial charge in [0.05, 0.1) is 5.69 Å². The molecular formula is C15H15BrClN3. The highest BCUT2D eigenvalue weighted by Gasteiger charge is 2.12. The first-order chi connectivity index (χ1) is 9.74. The summed E-state index contributed by atoms with van der Waals surface area (Å²) in [6, 6.07) is 8.39. The van der Waals surface area contributed by atoms with Crippen LogP contribution in [0.1, 0.15) is 17.5 Å². The zero-order valence-corrected chi connectivity index (χ0v) is 13.3. The molecule has 0 atom stereocenters. The molecule has 0 saturated carbocycles. The predicted octanol–water partition coefficient (Wildman–Crippen LogP) is 4.47. The molecule has 1 aromatic carbocycles. The topological polar surface area (TPSA) is 37.0 Å². The highest BCUT2D eigenvalue weighted by atomic mass is 79.9. The Morgan fingerprint density at radius 2 is 2.30 bits per heavy atom. The summed E-state index contributed by atoms with van der Waals surface area (Å²) in [6.07, 6.45) is 4.04. The van der Waals surface area contributed by atoms with Gasteiger partial charge in [-0.1, -0.05) is 29.8 Å². The number of rotatable bonds is 3. The summed E-state index contributed by atoms with van der Waals surface area (Å²) in [5.41, 5.74) is 4.77. The van der Waals surface area contributed by atoms with Crippen molar-refractivity contribution in [1.82, 2.24) is 4.98 Å². The number of nitrogens with zero attached hydrogens (tertiary/aromatic N) is 1. The molecule has 2 aromatic rings. The quantitative estimate of drug-likeness (QED) is 0.800. The van der Waals surface area contributed by atoms with Gasteiger partial charge in [-0.05, 0) is 46.0 Å². The molecule has 5 heteroatoms. The third-order valence-electron chi connectivity index (χ3n) is 3.44. The van der Waals surface area contributed by atoms with Crippen molar-refractivity contribution in [3.05, 3.63) is 51.2 Å². The van der Waals surface area contributed by atoms with Crippen LogP contribution in [-0.4, -0.2) is 11.5 Å². The molecule has 1 aliphatic rings. The van der Waals surface area contributed by atoms with Crippen LogP contribution < -0.4 is 10.6 Å². The first kappa shape index (κ1) is 13.7. The molecule has 1 aliphatic heterocycles. The standard InChI is InChI=1S/C15H15BrClN3/c16-12-7-13(15(17)20-9-12)19-8-11-4-1-3-10-5-2-6-18-14(10)11/h1,3-4,7,9,18-19H,2,5-6,8H2. The lowest BCUT2D eigenvalue weighted by Crippen LogP contribution is -2.15. The van der Waals surface area contributed by atoms with E-state index < -0.39 is 0 Å². The minimum atomic E-state index is 0.492. The Morgan fingerprint density at radius 1 is 1.40 bits per heavy atom. The average Bonchev–Trinajstić information content (AvgIpc) is 2.48. The van der Waals surface area contributed by atoms with Crippen LogP contribution in [-0.2, 0) is 13.0 Å². The van der Waals surface area contributed by atoms with Gasteiger partial charge in [-0.25, -0.2) is 4.98 Å². The molecule has 0 aliphatic carbocycles. The third kappa shape index (κ3) is 2.91. The van der Waals surface area contributed by atoms with Crippen LogP contribution in [0.2, 0.25) is 5.15 Å². The number of aromatic nitrogens is 1. The molecule has 0 fully saturated rings. The smallest absolute Gasteiger partial charge is 0.152 e. The average molecular weight is 353 g/mol. The maximum Gasteiger partial charge on any atom is 0.152 e. The van der Waals surface area contributed by atoms with Crippen molar-refractivity contribution < 1.29 is 0 Å². The van der Waals surface area contributed by atoms with E-state index in [2.05, 4.69) is 49.7 Å². The number of hydrogen-bond acceptors (Lipinski definition) is 3. The number of benzene rings is 1. The zero-order chi connectivity index (χ0) is 13.9. The van der Waals surface area contributed by atoms with Gasteiger partial charge in [-0.3, -0.25) is 0 Å². The van der Waals surface area contributed by atoms with Gasteiger partial charge in [-0.2, -0.15) is 0 Å². The summed E-state index contributed by atoms with van der Waals surface area (Å²) < 4.78 is 0.914. The van der Waals surface area contributed by atoms with Gasteiger partial charge < -0.3 is 10.6 Å². The molecule has 3 nitrogen and oxygen atoms in total. The Labute approximate surface area is 131 Å². The van der Waals surface area contributed by atoms with Gasteiger partial charge in [0.25, 0.3) is 0 Å². The van der Waals surface area contributed by atoms with Crippen molar-refractivity contribution in [3.63, 3.8) is 0 Å². The second kappa shape index (κ2) is 6.02. The summed E-state index contributed by atoms with van der Waals surface area (Å²) in [6.45, 7) is 1.78. The van der Waals surface area contributed by atoms with Crippen molar-refractivity contribution in [3.8, 4) is 0 Å². The number of nitrogens with one attached hydrogen (secondary N) is 2. The molecule has 0 amide bonds. The highest BCUT2D eigenvalue weighted by molar-refractivity contribution is 9.10. The predicted molar refractivity (Wildman–Crippen MR) is 87.5 cm³/mol. The molecule has 0 saturated heterocycles. The van der Waals surface area contributed by atoms with Gasteiger partial charge >= 0.3 is 0 Å². The fourth-order valence-corrected chi connectivity index (χ4v) is 2.97. The first-order valence-corrected chi connectivity index (χ1v) is 7.80. The SMILES string of the molecule is Clc1ncc(Br)cc1NCc1cccc2c1NCCC2. The van der Waals surface area contributed by atoms with E-state index >= 15 is 0 Å². The number of para-hydroxylation sites is 1. The van der Waals surface area contributed by atoms with E-state index in [4.69, 9.17) is 11.6 Å². The number of pyridine rings is 1. The van der Waals surface area contributed by atoms with Crippen molar-refractivity contribution in [2.45, 2.75) is 19.4 Å². The van der Waals surface area contributed by atoms with Crippen molar-refractivity contribution in [2.75, 3.05) is 17.2 Å². The number of halogens is 2. The normalized spacial score (nSPS) is 13.5. The zero-order valence-electron chi connectivity index (χ0n) is 10.9. The van der Waals surface area contributed by atoms with E-state index in [9.17, 15) is 0 Å². The lowest BCUT2D eigenvalue weighted by Gasteiger charge is -2.21. The van der Waals surface area contributed by atoms with Crippen LogP contribution in [0.3, 0.4) is 0 Å². The minimum Gasteiger partial charge on any atom is -0.385 e. The van der Waals surface area contributed by atoms with E-state index in [1.807, 2.05) is 6.07 Å². The molecule has 0 unspecified atom stereocenters. The van der Waals surface area contributed by atoms with Crippen LogP contribution >= 0.6 is 27.5 Å². The second-order valence-corrected chi connectivity index (χ2v) is 6.10. The van der Waals surface area contributed by atoms with Crippen molar-refractivity contribution in [2.24, 2.45) is 0 Å². The molecular weight excluding hydrogens is 338 g/mol. The number of hydrogen-bond donors (Lipinski definition) is 2. The van der Waals surface area contributed by atoms with E-state index in [1.54, 1.807) is 6.20 Å². The van der Waals surface area contributed by atoms with E-state index in [1.165, 1.54) is 23.2 Å². The number of aryl methyl sites for hydroxylation is 1. The van der Waals surface area contributed by atoms with Crippen LogP contribution in [0.25, 0.3) is 0 Å². The molecule has 0 radical (unpaired) electrons. The number of anilines is 2. The fraction of sp³-hybridized carbons (Fsp3) is 0.267. The van der Waals surface area contributed by atoms with Crippen LogP contribution in [0.4, 0.5) is 11.4 Å². The Hall–Kier alpha value is -1.26. The maximum atomic E-state index is 6.10. The van der Waals surface area contributed by atoms with Crippen molar-refractivity contribution in [1.29, 1.82) is 0 Å². The van der Waals surface area contributed by atoms with Gasteiger partial charge in [0, 0.05) is 29.4 Å². The Morgan fingerprint density at radius 3 is 3.20 bits per heavy atom. The minimum absolute atomic E-state index is 0.492. The molecule has 20 heavy (non-hydrogen) atoms. The van der Waals surface area contributed by atoms with Crippen LogP contribution in [0, 0.1) is 0 Å². The Balaban J connectivity index is 1.80. The monoisotopic (exact) mass is 351 g/mol. The van der Waals surface area contributed by atoms with Gasteiger partial charge in [0.1, 0.15) is 0 Å². The van der Waals surface area contributed by atoms with E-state index in [-0.39, 0.29) is 0 Å². The second-order valence-electron chi connectivity index (χ2n) is 4.83. The lowest BCUT2D eigenvalue weighted by molar-refractivity contribution is 0.825. The third-order valence-corrected chi connectivity index (χ3v) is 4.17. The largest absolute Gasteiger partial charge is 0.385 e. The van der Waals surface area contributed by atoms with Gasteiger partial charge in [0.2, 0.25) is 0 Å². The summed E-state index contributed by atoms with van der Waals surface area (Å²) in [4.78, 5) is 4.12. The van der Waals surface area contributed by atoms with E-state index in [0.717, 1.165) is 29.7 Å². The van der Waals surface area contributed by atoms with Crippen molar-refractivity contribution >= 4 is 38.9 Å². The number of fused-ring (bicyclic) bond motifs is 1. The van der Waals surface area contributed by atoms with Crippen LogP contribution in [0.15, 0.2) is 34.9 Å². The van der Waals surface area contributed by atoms with Gasteiger partial charge in [0.15, 0.2) is 5.15 Å². The Bertz CT molecular complexity index is 631. The molecule has 104 valence electrons. The maximum absolute atomic E-state index is 6.10.